The molecule has 0 aromatic heterocycles. The van der Waals surface area contributed by atoms with Gasteiger partial charge in [0.1, 0.15) is 5.75 Å². The van der Waals surface area contributed by atoms with E-state index in [0.717, 1.165) is 0 Å². The lowest BCUT2D eigenvalue weighted by Gasteiger charge is -2.10. The predicted molar refractivity (Wildman–Crippen MR) is 89.8 cm³/mol. The molecule has 0 fully saturated rings. The highest BCUT2D eigenvalue weighted by atomic mass is 19.4. The van der Waals surface area contributed by atoms with Crippen LogP contribution in [0.5, 0.6) is 5.75 Å². The van der Waals surface area contributed by atoms with Gasteiger partial charge in [-0.1, -0.05) is 18.2 Å². The average Bonchev–Trinajstić information content (AvgIpc) is 2.54. The Labute approximate surface area is 148 Å². The van der Waals surface area contributed by atoms with Crippen molar-refractivity contribution < 1.29 is 27.5 Å². The summed E-state index contributed by atoms with van der Waals surface area (Å²) in [5, 5.41) is 2.66. The Morgan fingerprint density at radius 2 is 1.77 bits per heavy atom. The van der Waals surface area contributed by atoms with Crippen LogP contribution in [0.25, 0.3) is 0 Å². The molecule has 2 aromatic carbocycles. The van der Waals surface area contributed by atoms with Gasteiger partial charge in [-0.15, -0.1) is 13.2 Å². The molecule has 0 heterocycles. The van der Waals surface area contributed by atoms with Gasteiger partial charge in [0, 0.05) is 17.7 Å². The summed E-state index contributed by atoms with van der Waals surface area (Å²) in [7, 11) is 0. The van der Waals surface area contributed by atoms with Gasteiger partial charge in [0.2, 0.25) is 11.8 Å². The SMILES string of the molecule is Cc1ccc(NC(=O)CCc2ccc(OC(F)(F)F)cc2)cc1C(N)=O. The first-order valence-corrected chi connectivity index (χ1v) is 7.69. The van der Waals surface area contributed by atoms with Crippen molar-refractivity contribution in [1.82, 2.24) is 0 Å². The summed E-state index contributed by atoms with van der Waals surface area (Å²) >= 11 is 0. The van der Waals surface area contributed by atoms with Crippen LogP contribution in [0.3, 0.4) is 0 Å². The molecule has 2 amide bonds. The maximum Gasteiger partial charge on any atom is 0.573 e. The largest absolute Gasteiger partial charge is 0.573 e. The molecule has 0 saturated carbocycles. The number of alkyl halides is 3. The number of aryl methyl sites for hydroxylation is 2. The molecule has 2 rings (SSSR count). The Balaban J connectivity index is 1.91. The molecule has 0 unspecified atom stereocenters. The molecule has 0 spiro atoms. The minimum atomic E-state index is -4.74. The molecule has 3 N–H and O–H groups in total. The maximum atomic E-state index is 12.1. The van der Waals surface area contributed by atoms with Gasteiger partial charge in [-0.3, -0.25) is 9.59 Å². The molecule has 0 radical (unpaired) electrons. The fourth-order valence-electron chi connectivity index (χ4n) is 2.30. The van der Waals surface area contributed by atoms with Crippen LogP contribution in [0.4, 0.5) is 18.9 Å². The zero-order valence-corrected chi connectivity index (χ0v) is 13.9. The first-order valence-electron chi connectivity index (χ1n) is 7.69. The van der Waals surface area contributed by atoms with Crippen molar-refractivity contribution in [2.24, 2.45) is 5.73 Å². The van der Waals surface area contributed by atoms with E-state index in [9.17, 15) is 22.8 Å². The molecule has 0 saturated heterocycles. The lowest BCUT2D eigenvalue weighted by atomic mass is 10.1. The fourth-order valence-corrected chi connectivity index (χ4v) is 2.30. The number of primary amides is 1. The van der Waals surface area contributed by atoms with Crippen LogP contribution in [0, 0.1) is 6.92 Å². The summed E-state index contributed by atoms with van der Waals surface area (Å²) < 4.78 is 40.1. The van der Waals surface area contributed by atoms with E-state index in [1.165, 1.54) is 30.3 Å². The van der Waals surface area contributed by atoms with E-state index < -0.39 is 12.3 Å². The van der Waals surface area contributed by atoms with Crippen LogP contribution in [-0.4, -0.2) is 18.2 Å². The first kappa shape index (κ1) is 19.3. The topological polar surface area (TPSA) is 81.4 Å². The Morgan fingerprint density at radius 3 is 2.35 bits per heavy atom. The number of anilines is 1. The number of carbonyl (C=O) groups excluding carboxylic acids is 2. The summed E-state index contributed by atoms with van der Waals surface area (Å²) in [5.74, 6) is -1.19. The van der Waals surface area contributed by atoms with Crippen LogP contribution in [-0.2, 0) is 11.2 Å². The molecule has 0 atom stereocenters. The minimum Gasteiger partial charge on any atom is -0.406 e. The second-order valence-electron chi connectivity index (χ2n) is 5.63. The Hall–Kier alpha value is -3.03. The number of amides is 2. The summed E-state index contributed by atoms with van der Waals surface area (Å²) in [6.45, 7) is 1.73. The molecule has 8 heteroatoms. The number of hydrogen-bond donors (Lipinski definition) is 2. The number of hydrogen-bond acceptors (Lipinski definition) is 3. The zero-order chi connectivity index (χ0) is 19.3. The van der Waals surface area contributed by atoms with Crippen molar-refractivity contribution >= 4 is 17.5 Å². The average molecular weight is 366 g/mol. The highest BCUT2D eigenvalue weighted by molar-refractivity contribution is 5.97. The number of halogens is 3. The quantitative estimate of drug-likeness (QED) is 0.820. The van der Waals surface area contributed by atoms with Gasteiger partial charge < -0.3 is 15.8 Å². The smallest absolute Gasteiger partial charge is 0.406 e. The number of ether oxygens (including phenoxy) is 1. The van der Waals surface area contributed by atoms with Gasteiger partial charge in [0.15, 0.2) is 0 Å². The number of carbonyl (C=O) groups is 2. The molecule has 0 aliphatic carbocycles. The third-order valence-electron chi connectivity index (χ3n) is 3.58. The van der Waals surface area contributed by atoms with Gasteiger partial charge in [0.25, 0.3) is 0 Å². The highest BCUT2D eigenvalue weighted by Crippen LogP contribution is 2.23. The Bertz CT molecular complexity index is 802. The van der Waals surface area contributed by atoms with E-state index >= 15 is 0 Å². The molecule has 5 nitrogen and oxygen atoms in total. The number of benzene rings is 2. The summed E-state index contributed by atoms with van der Waals surface area (Å²) in [5.41, 5.74) is 7.43. The van der Waals surface area contributed by atoms with Crippen molar-refractivity contribution in [2.45, 2.75) is 26.1 Å². The third-order valence-corrected chi connectivity index (χ3v) is 3.58. The molecule has 0 aliphatic rings. The summed E-state index contributed by atoms with van der Waals surface area (Å²) in [6.07, 6.45) is -4.27. The molecular formula is C18H17F3N2O3. The standard InChI is InChI=1S/C18H17F3N2O3/c1-11-2-6-13(10-15(11)17(22)25)23-16(24)9-5-12-3-7-14(8-4-12)26-18(19,20)21/h2-4,6-8,10H,5,9H2,1H3,(H2,22,25)(H,23,24). The number of nitrogens with two attached hydrogens (primary N) is 1. The van der Waals surface area contributed by atoms with E-state index in [1.807, 2.05) is 0 Å². The normalized spacial score (nSPS) is 11.1. The molecule has 138 valence electrons. The van der Waals surface area contributed by atoms with Gasteiger partial charge in [-0.2, -0.15) is 0 Å². The second kappa shape index (κ2) is 7.90. The van der Waals surface area contributed by atoms with Gasteiger partial charge in [-0.25, -0.2) is 0 Å². The van der Waals surface area contributed by atoms with E-state index in [0.29, 0.717) is 28.8 Å². The molecular weight excluding hydrogens is 349 g/mol. The van der Waals surface area contributed by atoms with Crippen LogP contribution < -0.4 is 15.8 Å². The van der Waals surface area contributed by atoms with Gasteiger partial charge in [0.05, 0.1) is 0 Å². The van der Waals surface area contributed by atoms with Gasteiger partial charge >= 0.3 is 6.36 Å². The Kier molecular flexibility index (Phi) is 5.86. The molecule has 0 aliphatic heterocycles. The predicted octanol–water partition coefficient (Wildman–Crippen LogP) is 3.56. The lowest BCUT2D eigenvalue weighted by molar-refractivity contribution is -0.274. The summed E-state index contributed by atoms with van der Waals surface area (Å²) in [4.78, 5) is 23.3. The maximum absolute atomic E-state index is 12.1. The lowest BCUT2D eigenvalue weighted by Crippen LogP contribution is -2.17. The monoisotopic (exact) mass is 366 g/mol. The van der Waals surface area contributed by atoms with E-state index in [-0.39, 0.29) is 18.1 Å². The van der Waals surface area contributed by atoms with E-state index in [2.05, 4.69) is 10.1 Å². The van der Waals surface area contributed by atoms with Crippen LogP contribution in [0.1, 0.15) is 27.9 Å². The van der Waals surface area contributed by atoms with E-state index in [4.69, 9.17) is 5.73 Å². The minimum absolute atomic E-state index is 0.124. The molecule has 26 heavy (non-hydrogen) atoms. The fraction of sp³-hybridized carbons (Fsp3) is 0.222. The zero-order valence-electron chi connectivity index (χ0n) is 13.9. The van der Waals surface area contributed by atoms with Crippen molar-refractivity contribution in [3.8, 4) is 5.75 Å². The van der Waals surface area contributed by atoms with E-state index in [1.54, 1.807) is 19.1 Å². The van der Waals surface area contributed by atoms with Crippen molar-refractivity contribution in [1.29, 1.82) is 0 Å². The molecule has 0 bridgehead atoms. The van der Waals surface area contributed by atoms with Crippen LogP contribution >= 0.6 is 0 Å². The van der Waals surface area contributed by atoms with Crippen molar-refractivity contribution in [3.63, 3.8) is 0 Å². The third kappa shape index (κ3) is 5.80. The summed E-state index contributed by atoms with van der Waals surface area (Å²) in [6, 6.07) is 10.1. The number of nitrogens with one attached hydrogen (secondary N) is 1. The van der Waals surface area contributed by atoms with Crippen LogP contribution in [0.2, 0.25) is 0 Å². The number of rotatable bonds is 6. The van der Waals surface area contributed by atoms with Crippen molar-refractivity contribution in [2.75, 3.05) is 5.32 Å². The Morgan fingerprint density at radius 1 is 1.12 bits per heavy atom. The molecule has 2 aromatic rings. The van der Waals surface area contributed by atoms with Crippen LogP contribution in [0.15, 0.2) is 42.5 Å². The second-order valence-corrected chi connectivity index (χ2v) is 5.63. The highest BCUT2D eigenvalue weighted by Gasteiger charge is 2.30. The first-order chi connectivity index (χ1) is 12.1. The van der Waals surface area contributed by atoms with Gasteiger partial charge in [-0.05, 0) is 48.7 Å². The van der Waals surface area contributed by atoms with Crippen molar-refractivity contribution in [3.05, 3.63) is 59.2 Å².